The molecule has 0 aromatic heterocycles. The van der Waals surface area contributed by atoms with Crippen LogP contribution in [-0.2, 0) is 16.0 Å². The number of hydrogen-bond acceptors (Lipinski definition) is 3. The van der Waals surface area contributed by atoms with Gasteiger partial charge in [-0.05, 0) is 97.4 Å². The Morgan fingerprint density at radius 3 is 1.69 bits per heavy atom. The summed E-state index contributed by atoms with van der Waals surface area (Å²) in [6.45, 7) is 42.1. The first-order valence-electron chi connectivity index (χ1n) is 16.9. The van der Waals surface area contributed by atoms with Gasteiger partial charge in [0, 0.05) is 12.1 Å². The third-order valence-corrected chi connectivity index (χ3v) is 25.6. The van der Waals surface area contributed by atoms with Crippen LogP contribution in [0, 0.1) is 6.92 Å². The lowest BCUT2D eigenvalue weighted by atomic mass is 9.90. The minimum Gasteiger partial charge on any atom is -0.544 e. The molecule has 0 bridgehead atoms. The number of nitrogens with zero attached hydrogens (tertiary/aromatic N) is 1. The van der Waals surface area contributed by atoms with Gasteiger partial charge >= 0.3 is 0 Å². The number of carbonyl (C=O) groups excluding carboxylic acids is 1. The van der Waals surface area contributed by atoms with Gasteiger partial charge in [0.1, 0.15) is 5.75 Å². The van der Waals surface area contributed by atoms with Crippen LogP contribution in [-0.4, -0.2) is 48.7 Å². The molecule has 0 N–H and O–H groups in total. The fourth-order valence-corrected chi connectivity index (χ4v) is 8.57. The molecule has 0 atom stereocenters. The average Bonchev–Trinajstić information content (AvgIpc) is 2.85. The molecule has 0 spiro atoms. The van der Waals surface area contributed by atoms with Gasteiger partial charge in [-0.15, -0.1) is 0 Å². The summed E-state index contributed by atoms with van der Waals surface area (Å²) in [6, 6.07) is 15.9. The monoisotopic (exact) mass is 669 g/mol. The van der Waals surface area contributed by atoms with Crippen LogP contribution < -0.4 is 4.43 Å². The van der Waals surface area contributed by atoms with Crippen LogP contribution in [0.3, 0.4) is 0 Å². The lowest BCUT2D eigenvalue weighted by molar-refractivity contribution is 0.0486. The van der Waals surface area contributed by atoms with Gasteiger partial charge in [0.05, 0.1) is 20.2 Å². The zero-order valence-electron chi connectivity index (χ0n) is 32.3. The Hall–Kier alpha value is -1.68. The molecule has 0 saturated carbocycles. The van der Waals surface area contributed by atoms with Gasteiger partial charge in [0.15, 0.2) is 8.32 Å². The van der Waals surface area contributed by atoms with Crippen molar-refractivity contribution < 1.29 is 13.6 Å². The zero-order chi connectivity index (χ0) is 35.0. The van der Waals surface area contributed by atoms with Crippen molar-refractivity contribution in [1.82, 2.24) is 4.90 Å². The molecule has 45 heavy (non-hydrogen) atoms. The molecule has 4 nitrogen and oxygen atoms in total. The van der Waals surface area contributed by atoms with Crippen molar-refractivity contribution in [1.29, 1.82) is 0 Å². The van der Waals surface area contributed by atoms with E-state index in [0.29, 0.717) is 13.2 Å². The van der Waals surface area contributed by atoms with Gasteiger partial charge < -0.3 is 13.8 Å². The van der Waals surface area contributed by atoms with Crippen molar-refractivity contribution in [3.05, 3.63) is 64.7 Å². The summed E-state index contributed by atoms with van der Waals surface area (Å²) in [5.41, 5.74) is 3.63. The smallest absolute Gasteiger partial charge is 0.254 e. The Morgan fingerprint density at radius 2 is 1.22 bits per heavy atom. The Balaban J connectivity index is 2.59. The first-order valence-corrected chi connectivity index (χ1v) is 25.9. The third-order valence-electron chi connectivity index (χ3n) is 11.4. The molecule has 0 heterocycles. The minimum atomic E-state index is -1.99. The molecule has 0 aliphatic carbocycles. The second-order valence-corrected chi connectivity index (χ2v) is 33.6. The zero-order valence-corrected chi connectivity index (χ0v) is 35.3. The predicted octanol–water partition coefficient (Wildman–Crippen LogP) is 11.4. The van der Waals surface area contributed by atoms with Crippen molar-refractivity contribution in [3.63, 3.8) is 0 Å². The van der Waals surface area contributed by atoms with Gasteiger partial charge in [-0.1, -0.05) is 105 Å². The number of aryl methyl sites for hydroxylation is 1. The van der Waals surface area contributed by atoms with E-state index >= 15 is 0 Å². The maximum atomic E-state index is 14.9. The van der Waals surface area contributed by atoms with E-state index in [-0.39, 0.29) is 21.0 Å². The molecule has 0 aliphatic rings. The largest absolute Gasteiger partial charge is 0.544 e. The van der Waals surface area contributed by atoms with E-state index in [4.69, 9.17) is 8.85 Å². The van der Waals surface area contributed by atoms with Crippen molar-refractivity contribution in [2.75, 3.05) is 13.2 Å². The Labute approximate surface area is 281 Å². The summed E-state index contributed by atoms with van der Waals surface area (Å²) in [6.07, 6.45) is 0. The van der Waals surface area contributed by atoms with E-state index in [1.54, 1.807) is 0 Å². The van der Waals surface area contributed by atoms with Crippen LogP contribution in [0.1, 0.15) is 103 Å². The topological polar surface area (TPSA) is 38.8 Å². The Morgan fingerprint density at radius 1 is 0.711 bits per heavy atom. The SMILES string of the molecule is Cc1ccc(C[Si](C)(C)C(C)(C)C)c(C(=O)N(CCO[Si](C)(C)C(C)(C)C)C(C)(C)c2ccc(O[Si](C)(C)C(C)(C)C)cc2)c1. The molecule has 0 radical (unpaired) electrons. The molecular formula is C38H67NO3Si3. The fourth-order valence-electron chi connectivity index (χ4n) is 4.71. The molecule has 7 heteroatoms. The second-order valence-electron chi connectivity index (χ2n) is 18.5. The normalized spacial score (nSPS) is 14.0. The molecule has 0 aliphatic heterocycles. The maximum absolute atomic E-state index is 14.9. The van der Waals surface area contributed by atoms with Crippen LogP contribution in [0.15, 0.2) is 42.5 Å². The van der Waals surface area contributed by atoms with E-state index < -0.39 is 30.2 Å². The molecule has 0 unspecified atom stereocenters. The van der Waals surface area contributed by atoms with E-state index in [2.05, 4.69) is 170 Å². The van der Waals surface area contributed by atoms with Crippen molar-refractivity contribution in [2.24, 2.45) is 0 Å². The number of hydrogen-bond donors (Lipinski definition) is 0. The predicted molar refractivity (Wildman–Crippen MR) is 204 cm³/mol. The van der Waals surface area contributed by atoms with Crippen LogP contribution in [0.2, 0.25) is 54.4 Å². The summed E-state index contributed by atoms with van der Waals surface area (Å²) >= 11 is 0. The van der Waals surface area contributed by atoms with Crippen LogP contribution in [0.4, 0.5) is 0 Å². The van der Waals surface area contributed by atoms with E-state index in [9.17, 15) is 4.79 Å². The highest BCUT2D eigenvalue weighted by Crippen LogP contribution is 2.41. The second kappa shape index (κ2) is 13.4. The molecule has 2 rings (SSSR count). The first-order chi connectivity index (χ1) is 20.0. The number of amides is 1. The van der Waals surface area contributed by atoms with Crippen LogP contribution in [0.25, 0.3) is 0 Å². The van der Waals surface area contributed by atoms with E-state index in [1.165, 1.54) is 5.56 Å². The minimum absolute atomic E-state index is 0.0813. The van der Waals surface area contributed by atoms with Gasteiger partial charge in [0.2, 0.25) is 8.32 Å². The summed E-state index contributed by atoms with van der Waals surface area (Å²) < 4.78 is 13.3. The van der Waals surface area contributed by atoms with Gasteiger partial charge in [0.25, 0.3) is 5.91 Å². The molecule has 0 fully saturated rings. The maximum Gasteiger partial charge on any atom is 0.254 e. The van der Waals surface area contributed by atoms with Gasteiger partial charge in [-0.25, -0.2) is 0 Å². The Kier molecular flexibility index (Phi) is 11.8. The number of benzene rings is 2. The molecule has 2 aromatic rings. The van der Waals surface area contributed by atoms with Crippen LogP contribution >= 0.6 is 0 Å². The van der Waals surface area contributed by atoms with E-state index in [1.807, 2.05) is 0 Å². The highest BCUT2D eigenvalue weighted by atomic mass is 28.4. The van der Waals surface area contributed by atoms with Crippen molar-refractivity contribution >= 4 is 30.6 Å². The number of carbonyl (C=O) groups is 1. The average molecular weight is 670 g/mol. The highest BCUT2D eigenvalue weighted by molar-refractivity contribution is 6.79. The Bertz CT molecular complexity index is 1310. The molecule has 1 amide bonds. The fraction of sp³-hybridized carbons (Fsp3) is 0.658. The van der Waals surface area contributed by atoms with Crippen LogP contribution in [0.5, 0.6) is 5.75 Å². The van der Waals surface area contributed by atoms with Crippen molar-refractivity contribution in [3.8, 4) is 5.75 Å². The first kappa shape index (κ1) is 39.5. The lowest BCUT2D eigenvalue weighted by Gasteiger charge is -2.42. The summed E-state index contributed by atoms with van der Waals surface area (Å²) in [7, 11) is -5.65. The summed E-state index contributed by atoms with van der Waals surface area (Å²) in [4.78, 5) is 16.9. The summed E-state index contributed by atoms with van der Waals surface area (Å²) in [5.74, 6) is 0.980. The highest BCUT2D eigenvalue weighted by Gasteiger charge is 2.41. The lowest BCUT2D eigenvalue weighted by Crippen LogP contribution is -2.49. The summed E-state index contributed by atoms with van der Waals surface area (Å²) in [5, 5.41) is 0.445. The third kappa shape index (κ3) is 9.45. The van der Waals surface area contributed by atoms with Crippen molar-refractivity contribution in [2.45, 2.75) is 149 Å². The number of rotatable bonds is 11. The standard InChI is InChI=1S/C38H67NO3Si3/c1-29-19-20-30(28-43(13,14)35(2,3)4)33(27-29)34(40)39(25-26-41-44(15,16)36(5,6)7)38(11,12)31-21-23-32(24-22-31)42-45(17,18)37(8,9)10/h19-24,27H,25-26,28H2,1-18H3. The molecule has 2 aromatic carbocycles. The van der Waals surface area contributed by atoms with E-state index in [0.717, 1.165) is 28.5 Å². The quantitative estimate of drug-likeness (QED) is 0.224. The van der Waals surface area contributed by atoms with Gasteiger partial charge in [-0.2, -0.15) is 0 Å². The van der Waals surface area contributed by atoms with Gasteiger partial charge in [-0.3, -0.25) is 4.79 Å². The molecule has 254 valence electrons. The molecule has 0 saturated heterocycles. The molecular weight excluding hydrogens is 603 g/mol.